The van der Waals surface area contributed by atoms with Gasteiger partial charge in [-0.3, -0.25) is 0 Å². The van der Waals surface area contributed by atoms with Gasteiger partial charge in [-0.1, -0.05) is 0 Å². The van der Waals surface area contributed by atoms with Crippen LogP contribution >= 0.6 is 0 Å². The van der Waals surface area contributed by atoms with Crippen LogP contribution in [0.25, 0.3) is 0 Å². The molecule has 0 fully saturated rings. The van der Waals surface area contributed by atoms with E-state index in [9.17, 15) is 4.79 Å². The monoisotopic (exact) mass is 168 g/mol. The minimum Gasteiger partial charge on any atom is -0.508 e. The largest absolute Gasteiger partial charge is 0.513 e. The quantitative estimate of drug-likeness (QED) is 0.510. The molecule has 0 unspecified atom stereocenters. The summed E-state index contributed by atoms with van der Waals surface area (Å²) in [6, 6.07) is 5.76. The highest BCUT2D eigenvalue weighted by Crippen LogP contribution is 2.15. The average Bonchev–Trinajstić information content (AvgIpc) is 2.09. The van der Waals surface area contributed by atoms with Crippen LogP contribution in [0.15, 0.2) is 24.3 Å². The van der Waals surface area contributed by atoms with Gasteiger partial charge < -0.3 is 14.6 Å². The van der Waals surface area contributed by atoms with E-state index in [1.165, 1.54) is 31.4 Å². The van der Waals surface area contributed by atoms with Gasteiger partial charge in [-0.2, -0.15) is 0 Å². The van der Waals surface area contributed by atoms with Gasteiger partial charge in [-0.25, -0.2) is 4.79 Å². The Bertz CT molecular complexity index is 265. The SMILES string of the molecule is COC(=O)Oc1ccc(O)cc1. The van der Waals surface area contributed by atoms with Gasteiger partial charge in [0, 0.05) is 0 Å². The Labute approximate surface area is 69.3 Å². The van der Waals surface area contributed by atoms with Crippen LogP contribution in [0.2, 0.25) is 0 Å². The Morgan fingerprint density at radius 3 is 2.42 bits per heavy atom. The van der Waals surface area contributed by atoms with E-state index in [0.717, 1.165) is 0 Å². The summed E-state index contributed by atoms with van der Waals surface area (Å²) in [5.74, 6) is 0.451. The third kappa shape index (κ3) is 2.16. The molecule has 12 heavy (non-hydrogen) atoms. The lowest BCUT2D eigenvalue weighted by atomic mass is 10.3. The second kappa shape index (κ2) is 3.61. The fourth-order valence-corrected chi connectivity index (χ4v) is 0.652. The summed E-state index contributed by atoms with van der Waals surface area (Å²) in [5, 5.41) is 8.88. The van der Waals surface area contributed by atoms with Crippen LogP contribution in [0, 0.1) is 0 Å². The van der Waals surface area contributed by atoms with Gasteiger partial charge in [0.15, 0.2) is 0 Å². The van der Waals surface area contributed by atoms with Gasteiger partial charge >= 0.3 is 6.16 Å². The zero-order chi connectivity index (χ0) is 8.97. The summed E-state index contributed by atoms with van der Waals surface area (Å²) in [6.07, 6.45) is -0.777. The predicted molar refractivity (Wildman–Crippen MR) is 41.1 cm³/mol. The van der Waals surface area contributed by atoms with Crippen LogP contribution in [-0.4, -0.2) is 18.4 Å². The Hall–Kier alpha value is -1.71. The number of hydrogen-bond donors (Lipinski definition) is 1. The first-order chi connectivity index (χ1) is 5.72. The van der Waals surface area contributed by atoms with E-state index in [0.29, 0.717) is 5.75 Å². The normalized spacial score (nSPS) is 9.08. The summed E-state index contributed by atoms with van der Waals surface area (Å²) in [7, 11) is 1.22. The van der Waals surface area contributed by atoms with E-state index in [1.54, 1.807) is 0 Å². The number of methoxy groups -OCH3 is 1. The molecule has 0 spiro atoms. The lowest BCUT2D eigenvalue weighted by Crippen LogP contribution is -2.06. The van der Waals surface area contributed by atoms with Crippen molar-refractivity contribution in [1.82, 2.24) is 0 Å². The number of carbonyl (C=O) groups excluding carboxylic acids is 1. The van der Waals surface area contributed by atoms with Crippen molar-refractivity contribution in [3.63, 3.8) is 0 Å². The predicted octanol–water partition coefficient (Wildman–Crippen LogP) is 1.54. The molecule has 0 aromatic heterocycles. The third-order valence-electron chi connectivity index (χ3n) is 1.20. The Morgan fingerprint density at radius 2 is 1.92 bits per heavy atom. The maximum atomic E-state index is 10.6. The first kappa shape index (κ1) is 8.39. The van der Waals surface area contributed by atoms with Crippen molar-refractivity contribution in [2.75, 3.05) is 7.11 Å². The summed E-state index contributed by atoms with van der Waals surface area (Å²) in [4.78, 5) is 10.6. The molecule has 0 radical (unpaired) electrons. The van der Waals surface area contributed by atoms with E-state index in [2.05, 4.69) is 9.47 Å². The van der Waals surface area contributed by atoms with Gasteiger partial charge in [0.05, 0.1) is 7.11 Å². The Morgan fingerprint density at radius 1 is 1.33 bits per heavy atom. The Kier molecular flexibility index (Phi) is 2.53. The Balaban J connectivity index is 2.64. The number of hydrogen-bond acceptors (Lipinski definition) is 4. The molecule has 4 heteroatoms. The van der Waals surface area contributed by atoms with Crippen LogP contribution in [0.5, 0.6) is 11.5 Å². The first-order valence-corrected chi connectivity index (χ1v) is 3.27. The van der Waals surface area contributed by atoms with Crippen molar-refractivity contribution in [1.29, 1.82) is 0 Å². The van der Waals surface area contributed by atoms with Crippen molar-refractivity contribution < 1.29 is 19.4 Å². The molecule has 0 aliphatic heterocycles. The maximum absolute atomic E-state index is 10.6. The number of rotatable bonds is 1. The van der Waals surface area contributed by atoms with Crippen LogP contribution in [0.3, 0.4) is 0 Å². The van der Waals surface area contributed by atoms with Crippen molar-refractivity contribution in [2.24, 2.45) is 0 Å². The van der Waals surface area contributed by atoms with E-state index >= 15 is 0 Å². The van der Waals surface area contributed by atoms with Crippen molar-refractivity contribution >= 4 is 6.16 Å². The van der Waals surface area contributed by atoms with Crippen LogP contribution < -0.4 is 4.74 Å². The van der Waals surface area contributed by atoms with Gasteiger partial charge in [-0.05, 0) is 24.3 Å². The van der Waals surface area contributed by atoms with Crippen LogP contribution in [-0.2, 0) is 4.74 Å². The molecule has 0 aliphatic rings. The van der Waals surface area contributed by atoms with Crippen molar-refractivity contribution in [3.05, 3.63) is 24.3 Å². The summed E-state index contributed by atoms with van der Waals surface area (Å²) in [6.45, 7) is 0. The van der Waals surface area contributed by atoms with Gasteiger partial charge in [-0.15, -0.1) is 0 Å². The van der Waals surface area contributed by atoms with Gasteiger partial charge in [0.25, 0.3) is 0 Å². The molecule has 1 rings (SSSR count). The second-order valence-corrected chi connectivity index (χ2v) is 2.05. The highest BCUT2D eigenvalue weighted by atomic mass is 16.7. The zero-order valence-corrected chi connectivity index (χ0v) is 6.48. The smallest absolute Gasteiger partial charge is 0.508 e. The summed E-state index contributed by atoms with van der Waals surface area (Å²) < 4.78 is 8.91. The van der Waals surface area contributed by atoms with Gasteiger partial charge in [0.1, 0.15) is 11.5 Å². The average molecular weight is 168 g/mol. The maximum Gasteiger partial charge on any atom is 0.513 e. The standard InChI is InChI=1S/C8H8O4/c1-11-8(10)12-7-4-2-6(9)3-5-7/h2-5,9H,1H3. The molecular weight excluding hydrogens is 160 g/mol. The summed E-state index contributed by atoms with van der Waals surface area (Å²) >= 11 is 0. The minimum atomic E-state index is -0.777. The molecule has 0 atom stereocenters. The van der Waals surface area contributed by atoms with E-state index in [-0.39, 0.29) is 5.75 Å². The number of phenols is 1. The zero-order valence-electron chi connectivity index (χ0n) is 6.48. The van der Waals surface area contributed by atoms with E-state index in [1.807, 2.05) is 0 Å². The first-order valence-electron chi connectivity index (χ1n) is 3.27. The fraction of sp³-hybridized carbons (Fsp3) is 0.125. The number of benzene rings is 1. The van der Waals surface area contributed by atoms with Crippen molar-refractivity contribution in [2.45, 2.75) is 0 Å². The van der Waals surface area contributed by atoms with Crippen molar-refractivity contribution in [3.8, 4) is 11.5 Å². The van der Waals surface area contributed by atoms with Crippen LogP contribution in [0.4, 0.5) is 4.79 Å². The van der Waals surface area contributed by atoms with E-state index < -0.39 is 6.16 Å². The molecule has 0 aliphatic carbocycles. The molecule has 1 N–H and O–H groups in total. The second-order valence-electron chi connectivity index (χ2n) is 2.05. The lowest BCUT2D eigenvalue weighted by Gasteiger charge is -2.01. The van der Waals surface area contributed by atoms with Crippen LogP contribution in [0.1, 0.15) is 0 Å². The molecule has 0 amide bonds. The molecule has 1 aromatic carbocycles. The summed E-state index contributed by atoms with van der Waals surface area (Å²) in [5.41, 5.74) is 0. The highest BCUT2D eigenvalue weighted by Gasteiger charge is 2.01. The molecule has 1 aromatic rings. The topological polar surface area (TPSA) is 55.8 Å². The number of phenolic OH excluding ortho intramolecular Hbond substituents is 1. The molecule has 64 valence electrons. The molecule has 0 bridgehead atoms. The highest BCUT2D eigenvalue weighted by molar-refractivity contribution is 5.63. The molecule has 0 heterocycles. The molecule has 4 nitrogen and oxygen atoms in total. The molecule has 0 saturated heterocycles. The number of aromatic hydroxyl groups is 1. The fourth-order valence-electron chi connectivity index (χ4n) is 0.652. The number of carbonyl (C=O) groups is 1. The molecule has 0 saturated carbocycles. The minimum absolute atomic E-state index is 0.118. The lowest BCUT2D eigenvalue weighted by molar-refractivity contribution is 0.121. The molecular formula is C8H8O4. The van der Waals surface area contributed by atoms with Gasteiger partial charge in [0.2, 0.25) is 0 Å². The number of ether oxygens (including phenoxy) is 2. The van der Waals surface area contributed by atoms with E-state index in [4.69, 9.17) is 5.11 Å². The third-order valence-corrected chi connectivity index (χ3v) is 1.20.